The van der Waals surface area contributed by atoms with Crippen molar-refractivity contribution >= 4 is 17.5 Å². The van der Waals surface area contributed by atoms with Gasteiger partial charge < -0.3 is 9.30 Å². The molecule has 1 rings (SSSR count). The van der Waals surface area contributed by atoms with Crippen LogP contribution in [-0.4, -0.2) is 35.6 Å². The highest BCUT2D eigenvalue weighted by Gasteiger charge is 2.15. The molecular formula is C15H25NO2S. The molecule has 0 radical (unpaired) electrons. The average Bonchev–Trinajstić information content (AvgIpc) is 2.62. The summed E-state index contributed by atoms with van der Waals surface area (Å²) >= 11 is 1.72. The summed E-state index contributed by atoms with van der Waals surface area (Å²) in [6.45, 7) is 9.89. The number of aromatic nitrogens is 1. The fraction of sp³-hybridized carbons (Fsp3) is 0.667. The van der Waals surface area contributed by atoms with Gasteiger partial charge in [-0.3, -0.25) is 4.79 Å². The van der Waals surface area contributed by atoms with Gasteiger partial charge in [-0.25, -0.2) is 0 Å². The highest BCUT2D eigenvalue weighted by atomic mass is 32.2. The number of rotatable bonds is 8. The fourth-order valence-electron chi connectivity index (χ4n) is 2.08. The van der Waals surface area contributed by atoms with E-state index in [1.165, 1.54) is 0 Å². The number of thioether (sulfide) groups is 1. The van der Waals surface area contributed by atoms with Crippen molar-refractivity contribution in [2.45, 2.75) is 34.2 Å². The molecule has 0 unspecified atom stereocenters. The van der Waals surface area contributed by atoms with Crippen molar-refractivity contribution in [1.29, 1.82) is 0 Å². The normalized spacial score (nSPS) is 11.3. The quantitative estimate of drug-likeness (QED) is 0.686. The number of carbonyl (C=O) groups is 1. The van der Waals surface area contributed by atoms with Crippen LogP contribution in [0.2, 0.25) is 0 Å². The third kappa shape index (κ3) is 4.69. The molecule has 19 heavy (non-hydrogen) atoms. The number of aryl methyl sites for hydroxylation is 1. The van der Waals surface area contributed by atoms with Crippen LogP contribution in [0, 0.1) is 19.8 Å². The Hall–Kier alpha value is -0.740. The van der Waals surface area contributed by atoms with Crippen LogP contribution < -0.4 is 0 Å². The Kier molecular flexibility index (Phi) is 6.66. The van der Waals surface area contributed by atoms with Crippen LogP contribution in [-0.2, 0) is 11.3 Å². The van der Waals surface area contributed by atoms with E-state index >= 15 is 0 Å². The number of carbonyl (C=O) groups excluding carboxylic acids is 1. The number of hydrogen-bond acceptors (Lipinski definition) is 3. The largest absolute Gasteiger partial charge is 0.383 e. The van der Waals surface area contributed by atoms with Crippen molar-refractivity contribution in [3.05, 3.63) is 23.0 Å². The van der Waals surface area contributed by atoms with E-state index in [1.54, 1.807) is 18.9 Å². The molecule has 1 aromatic rings. The number of ether oxygens (including phenoxy) is 1. The third-order valence-electron chi connectivity index (χ3n) is 3.08. The molecule has 0 saturated carbocycles. The summed E-state index contributed by atoms with van der Waals surface area (Å²) in [5.74, 6) is 2.48. The number of hydrogen-bond donors (Lipinski definition) is 0. The number of Topliss-reactive ketones (excluding diaryl/α,β-unsaturated/α-hetero) is 1. The summed E-state index contributed by atoms with van der Waals surface area (Å²) in [4.78, 5) is 12.2. The van der Waals surface area contributed by atoms with Crippen molar-refractivity contribution in [1.82, 2.24) is 4.57 Å². The number of ketones is 1. The fourth-order valence-corrected chi connectivity index (χ4v) is 3.01. The molecule has 0 aromatic carbocycles. The van der Waals surface area contributed by atoms with Gasteiger partial charge >= 0.3 is 0 Å². The molecule has 0 aliphatic heterocycles. The van der Waals surface area contributed by atoms with Crippen molar-refractivity contribution < 1.29 is 9.53 Å². The minimum atomic E-state index is 0.238. The topological polar surface area (TPSA) is 31.2 Å². The van der Waals surface area contributed by atoms with Crippen molar-refractivity contribution in [2.75, 3.05) is 25.2 Å². The van der Waals surface area contributed by atoms with Gasteiger partial charge in [0.1, 0.15) is 0 Å². The zero-order valence-electron chi connectivity index (χ0n) is 12.7. The van der Waals surface area contributed by atoms with Crippen molar-refractivity contribution in [3.63, 3.8) is 0 Å². The maximum absolute atomic E-state index is 12.2. The molecule has 0 aliphatic rings. The Morgan fingerprint density at radius 1 is 1.42 bits per heavy atom. The first-order valence-corrected chi connectivity index (χ1v) is 7.89. The Bertz CT molecular complexity index is 424. The maximum Gasteiger partial charge on any atom is 0.174 e. The summed E-state index contributed by atoms with van der Waals surface area (Å²) in [6.07, 6.45) is 0. The zero-order chi connectivity index (χ0) is 14.4. The molecule has 0 amide bonds. The predicted molar refractivity (Wildman–Crippen MR) is 82.3 cm³/mol. The number of methoxy groups -OCH3 is 1. The van der Waals surface area contributed by atoms with Crippen LogP contribution in [0.25, 0.3) is 0 Å². The number of nitrogens with zero attached hydrogens (tertiary/aromatic N) is 1. The Morgan fingerprint density at radius 2 is 2.11 bits per heavy atom. The second-order valence-electron chi connectivity index (χ2n) is 5.26. The summed E-state index contributed by atoms with van der Waals surface area (Å²) < 4.78 is 7.26. The highest BCUT2D eigenvalue weighted by Crippen LogP contribution is 2.18. The molecule has 3 nitrogen and oxygen atoms in total. The lowest BCUT2D eigenvalue weighted by Gasteiger charge is -2.09. The van der Waals surface area contributed by atoms with E-state index < -0.39 is 0 Å². The molecule has 0 N–H and O–H groups in total. The SMILES string of the molecule is COCCn1c(C)cc(C(=O)CSCC(C)C)c1C. The van der Waals surface area contributed by atoms with Gasteiger partial charge in [0, 0.05) is 30.6 Å². The summed E-state index contributed by atoms with van der Waals surface area (Å²) in [5.41, 5.74) is 3.06. The van der Waals surface area contributed by atoms with Crippen LogP contribution >= 0.6 is 11.8 Å². The highest BCUT2D eigenvalue weighted by molar-refractivity contribution is 7.99. The van der Waals surface area contributed by atoms with Crippen molar-refractivity contribution in [3.8, 4) is 0 Å². The van der Waals surface area contributed by atoms with Gasteiger partial charge in [0.05, 0.1) is 12.4 Å². The first-order chi connectivity index (χ1) is 8.97. The lowest BCUT2D eigenvalue weighted by Crippen LogP contribution is -2.10. The van der Waals surface area contributed by atoms with Gasteiger partial charge in [-0.05, 0) is 31.6 Å². The molecule has 0 spiro atoms. The zero-order valence-corrected chi connectivity index (χ0v) is 13.5. The Morgan fingerprint density at radius 3 is 2.68 bits per heavy atom. The molecule has 0 atom stereocenters. The van der Waals surface area contributed by atoms with E-state index in [4.69, 9.17) is 4.74 Å². The van der Waals surface area contributed by atoms with Gasteiger partial charge in [-0.1, -0.05) is 13.8 Å². The van der Waals surface area contributed by atoms with Gasteiger partial charge in [-0.2, -0.15) is 11.8 Å². The molecule has 0 fully saturated rings. The van der Waals surface area contributed by atoms with Crippen LogP contribution in [0.1, 0.15) is 35.6 Å². The third-order valence-corrected chi connectivity index (χ3v) is 4.45. The first-order valence-electron chi connectivity index (χ1n) is 6.74. The molecule has 1 heterocycles. The van der Waals surface area contributed by atoms with Crippen LogP contribution in [0.4, 0.5) is 0 Å². The Labute approximate surface area is 120 Å². The van der Waals surface area contributed by atoms with E-state index in [0.717, 1.165) is 29.2 Å². The van der Waals surface area contributed by atoms with E-state index in [0.29, 0.717) is 18.3 Å². The van der Waals surface area contributed by atoms with Crippen molar-refractivity contribution in [2.24, 2.45) is 5.92 Å². The van der Waals surface area contributed by atoms with E-state index in [-0.39, 0.29) is 5.78 Å². The monoisotopic (exact) mass is 283 g/mol. The molecule has 0 saturated heterocycles. The predicted octanol–water partition coefficient (Wildman–Crippen LogP) is 3.32. The van der Waals surface area contributed by atoms with Crippen LogP contribution in [0.15, 0.2) is 6.07 Å². The molecule has 4 heteroatoms. The summed E-state index contributed by atoms with van der Waals surface area (Å²) in [6, 6.07) is 2.00. The summed E-state index contributed by atoms with van der Waals surface area (Å²) in [7, 11) is 1.70. The Balaban J connectivity index is 2.70. The van der Waals surface area contributed by atoms with E-state index in [9.17, 15) is 4.79 Å². The molecule has 0 bridgehead atoms. The molecule has 0 aliphatic carbocycles. The average molecular weight is 283 g/mol. The smallest absolute Gasteiger partial charge is 0.174 e. The molecule has 108 valence electrons. The van der Waals surface area contributed by atoms with Gasteiger partial charge in [0.15, 0.2) is 5.78 Å². The van der Waals surface area contributed by atoms with Gasteiger partial charge in [0.25, 0.3) is 0 Å². The minimum absolute atomic E-state index is 0.238. The van der Waals surface area contributed by atoms with E-state index in [1.807, 2.05) is 19.9 Å². The molecular weight excluding hydrogens is 258 g/mol. The lowest BCUT2D eigenvalue weighted by molar-refractivity contribution is 0.102. The lowest BCUT2D eigenvalue weighted by atomic mass is 10.2. The van der Waals surface area contributed by atoms with Crippen LogP contribution in [0.3, 0.4) is 0 Å². The van der Waals surface area contributed by atoms with E-state index in [2.05, 4.69) is 18.4 Å². The maximum atomic E-state index is 12.2. The minimum Gasteiger partial charge on any atom is -0.383 e. The van der Waals surface area contributed by atoms with Gasteiger partial charge in [0.2, 0.25) is 0 Å². The summed E-state index contributed by atoms with van der Waals surface area (Å²) in [5, 5.41) is 0. The standard InChI is InChI=1S/C15H25NO2S/c1-11(2)9-19-10-15(17)14-8-12(3)16(13(14)4)6-7-18-5/h8,11H,6-7,9-10H2,1-5H3. The second-order valence-corrected chi connectivity index (χ2v) is 6.29. The first kappa shape index (κ1) is 16.3. The molecule has 1 aromatic heterocycles. The van der Waals surface area contributed by atoms with Crippen LogP contribution in [0.5, 0.6) is 0 Å². The second kappa shape index (κ2) is 7.75. The van der Waals surface area contributed by atoms with Gasteiger partial charge in [-0.15, -0.1) is 0 Å².